The lowest BCUT2D eigenvalue weighted by Crippen LogP contribution is -2.25. The summed E-state index contributed by atoms with van der Waals surface area (Å²) in [5.74, 6) is 1.58. The fourth-order valence-electron chi connectivity index (χ4n) is 2.92. The summed E-state index contributed by atoms with van der Waals surface area (Å²) >= 11 is 0. The largest absolute Gasteiger partial charge is 0.483 e. The van der Waals surface area contributed by atoms with Crippen molar-refractivity contribution >= 4 is 11.0 Å². The van der Waals surface area contributed by atoms with Crippen molar-refractivity contribution < 1.29 is 14.6 Å². The molecule has 0 fully saturated rings. The molecular formula is C21H26N2O3. The molecule has 0 spiro atoms. The van der Waals surface area contributed by atoms with Gasteiger partial charge in [-0.15, -0.1) is 0 Å². The number of hydrogen-bond acceptors (Lipinski definition) is 4. The number of nitrogens with zero attached hydrogens (tertiary/aromatic N) is 2. The molecule has 1 heterocycles. The smallest absolute Gasteiger partial charge is 0.153 e. The molecule has 0 aliphatic rings. The molecule has 0 amide bonds. The van der Waals surface area contributed by atoms with Crippen LogP contribution in [0.2, 0.25) is 0 Å². The summed E-state index contributed by atoms with van der Waals surface area (Å²) < 4.78 is 13.6. The third kappa shape index (κ3) is 4.42. The zero-order valence-corrected chi connectivity index (χ0v) is 15.5. The van der Waals surface area contributed by atoms with E-state index in [4.69, 9.17) is 14.5 Å². The molecule has 0 aliphatic carbocycles. The normalized spacial score (nSPS) is 13.9. The molecule has 0 radical (unpaired) electrons. The van der Waals surface area contributed by atoms with Crippen molar-refractivity contribution in [3.8, 4) is 5.75 Å². The van der Waals surface area contributed by atoms with E-state index in [1.54, 1.807) is 0 Å². The number of fused-ring (bicyclic) bond motifs is 1. The highest BCUT2D eigenvalue weighted by Crippen LogP contribution is 2.25. The minimum atomic E-state index is -0.613. The van der Waals surface area contributed by atoms with Crippen molar-refractivity contribution in [1.82, 2.24) is 9.55 Å². The van der Waals surface area contributed by atoms with E-state index in [9.17, 15) is 5.11 Å². The summed E-state index contributed by atoms with van der Waals surface area (Å²) in [6.07, 6.45) is -0.773. The van der Waals surface area contributed by atoms with Gasteiger partial charge in [0, 0.05) is 0 Å². The minimum absolute atomic E-state index is 0.0870. The lowest BCUT2D eigenvalue weighted by Gasteiger charge is -2.19. The molecule has 1 aromatic heterocycles. The molecule has 0 bridgehead atoms. The monoisotopic (exact) mass is 354 g/mol. The maximum absolute atomic E-state index is 10.4. The van der Waals surface area contributed by atoms with Crippen LogP contribution in [0, 0.1) is 0 Å². The first-order chi connectivity index (χ1) is 12.5. The van der Waals surface area contributed by atoms with E-state index in [0.29, 0.717) is 6.54 Å². The molecule has 3 aromatic rings. The van der Waals surface area contributed by atoms with Crippen molar-refractivity contribution in [3.63, 3.8) is 0 Å². The van der Waals surface area contributed by atoms with Crippen LogP contribution in [-0.4, -0.2) is 33.5 Å². The number of imidazole rings is 1. The molecule has 2 unspecified atom stereocenters. The van der Waals surface area contributed by atoms with Crippen LogP contribution >= 0.6 is 0 Å². The van der Waals surface area contributed by atoms with Crippen molar-refractivity contribution in [3.05, 3.63) is 60.4 Å². The Morgan fingerprint density at radius 2 is 1.69 bits per heavy atom. The molecule has 26 heavy (non-hydrogen) atoms. The van der Waals surface area contributed by atoms with Gasteiger partial charge in [-0.3, -0.25) is 0 Å². The highest BCUT2D eigenvalue weighted by Gasteiger charge is 2.20. The second kappa shape index (κ2) is 8.34. The Kier molecular flexibility index (Phi) is 5.91. The van der Waals surface area contributed by atoms with Crippen molar-refractivity contribution in [1.29, 1.82) is 0 Å². The van der Waals surface area contributed by atoms with Crippen molar-refractivity contribution in [2.24, 2.45) is 0 Å². The standard InChI is InChI=1S/C21H26N2O3/c1-15(2)25-14-17(24)13-23-20-12-8-7-11-19(20)22-21(23)16(3)26-18-9-5-4-6-10-18/h4-12,15-17,24H,13-14H2,1-3H3. The van der Waals surface area contributed by atoms with E-state index in [2.05, 4.69) is 0 Å². The number of aromatic nitrogens is 2. The van der Waals surface area contributed by atoms with Gasteiger partial charge in [-0.05, 0) is 45.0 Å². The van der Waals surface area contributed by atoms with E-state index in [1.807, 2.05) is 79.9 Å². The molecule has 2 aromatic carbocycles. The lowest BCUT2D eigenvalue weighted by atomic mass is 10.3. The van der Waals surface area contributed by atoms with Crippen LogP contribution in [0.5, 0.6) is 5.75 Å². The number of ether oxygens (including phenoxy) is 2. The van der Waals surface area contributed by atoms with Gasteiger partial charge in [0.1, 0.15) is 5.75 Å². The van der Waals surface area contributed by atoms with Crippen molar-refractivity contribution in [2.45, 2.75) is 45.6 Å². The third-order valence-electron chi connectivity index (χ3n) is 4.12. The number of para-hydroxylation sites is 3. The Morgan fingerprint density at radius 3 is 2.42 bits per heavy atom. The number of aliphatic hydroxyl groups excluding tert-OH is 1. The number of hydrogen-bond donors (Lipinski definition) is 1. The van der Waals surface area contributed by atoms with E-state index in [-0.39, 0.29) is 18.8 Å². The Bertz CT molecular complexity index is 830. The van der Waals surface area contributed by atoms with E-state index in [0.717, 1.165) is 22.6 Å². The first-order valence-corrected chi connectivity index (χ1v) is 9.01. The quantitative estimate of drug-likeness (QED) is 0.665. The zero-order valence-electron chi connectivity index (χ0n) is 15.5. The van der Waals surface area contributed by atoms with Crippen LogP contribution < -0.4 is 4.74 Å². The lowest BCUT2D eigenvalue weighted by molar-refractivity contribution is -0.00107. The summed E-state index contributed by atoms with van der Waals surface area (Å²) in [6, 6.07) is 17.6. The highest BCUT2D eigenvalue weighted by molar-refractivity contribution is 5.76. The van der Waals surface area contributed by atoms with Gasteiger partial charge in [0.25, 0.3) is 0 Å². The average molecular weight is 354 g/mol. The molecule has 5 nitrogen and oxygen atoms in total. The number of rotatable bonds is 8. The van der Waals surface area contributed by atoms with E-state index in [1.165, 1.54) is 0 Å². The van der Waals surface area contributed by atoms with Crippen LogP contribution in [0.25, 0.3) is 11.0 Å². The molecule has 0 saturated carbocycles. The van der Waals surface area contributed by atoms with Gasteiger partial charge in [-0.2, -0.15) is 0 Å². The molecule has 3 rings (SSSR count). The van der Waals surface area contributed by atoms with Crippen LogP contribution in [0.3, 0.4) is 0 Å². The second-order valence-electron chi connectivity index (χ2n) is 6.68. The molecule has 5 heteroatoms. The van der Waals surface area contributed by atoms with Gasteiger partial charge in [0.05, 0.1) is 36.4 Å². The first-order valence-electron chi connectivity index (χ1n) is 9.01. The second-order valence-corrected chi connectivity index (χ2v) is 6.68. The molecular weight excluding hydrogens is 328 g/mol. The van der Waals surface area contributed by atoms with Crippen LogP contribution in [0.1, 0.15) is 32.7 Å². The average Bonchev–Trinajstić information content (AvgIpc) is 2.99. The van der Waals surface area contributed by atoms with Crippen LogP contribution in [0.4, 0.5) is 0 Å². The molecule has 0 saturated heterocycles. The Balaban J connectivity index is 1.86. The first kappa shape index (κ1) is 18.4. The fourth-order valence-corrected chi connectivity index (χ4v) is 2.92. The molecule has 138 valence electrons. The maximum atomic E-state index is 10.4. The zero-order chi connectivity index (χ0) is 18.5. The van der Waals surface area contributed by atoms with Gasteiger partial charge < -0.3 is 19.1 Å². The van der Waals surface area contributed by atoms with Crippen LogP contribution in [-0.2, 0) is 11.3 Å². The summed E-state index contributed by atoms with van der Waals surface area (Å²) in [7, 11) is 0. The van der Waals surface area contributed by atoms with Crippen molar-refractivity contribution in [2.75, 3.05) is 6.61 Å². The Morgan fingerprint density at radius 1 is 1.00 bits per heavy atom. The SMILES string of the molecule is CC(C)OCC(O)Cn1c(C(C)Oc2ccccc2)nc2ccccc21. The van der Waals surface area contributed by atoms with Gasteiger partial charge in [-0.1, -0.05) is 30.3 Å². The molecule has 0 aliphatic heterocycles. The summed E-state index contributed by atoms with van der Waals surface area (Å²) in [4.78, 5) is 4.74. The van der Waals surface area contributed by atoms with Gasteiger partial charge >= 0.3 is 0 Å². The number of benzene rings is 2. The molecule has 1 N–H and O–H groups in total. The highest BCUT2D eigenvalue weighted by atomic mass is 16.5. The summed E-state index contributed by atoms with van der Waals surface area (Å²) in [5.41, 5.74) is 1.87. The fraction of sp³-hybridized carbons (Fsp3) is 0.381. The Labute approximate surface area is 154 Å². The topological polar surface area (TPSA) is 56.5 Å². The van der Waals surface area contributed by atoms with Gasteiger partial charge in [0.2, 0.25) is 0 Å². The predicted molar refractivity (Wildman–Crippen MR) is 102 cm³/mol. The maximum Gasteiger partial charge on any atom is 0.153 e. The van der Waals surface area contributed by atoms with Crippen LogP contribution in [0.15, 0.2) is 54.6 Å². The molecule has 2 atom stereocenters. The van der Waals surface area contributed by atoms with Gasteiger partial charge in [-0.25, -0.2) is 4.98 Å². The minimum Gasteiger partial charge on any atom is -0.483 e. The van der Waals surface area contributed by atoms with E-state index >= 15 is 0 Å². The summed E-state index contributed by atoms with van der Waals surface area (Å²) in [6.45, 7) is 6.59. The predicted octanol–water partition coefficient (Wildman–Crippen LogP) is 3.96. The van der Waals surface area contributed by atoms with E-state index < -0.39 is 6.10 Å². The Hall–Kier alpha value is -2.37. The summed E-state index contributed by atoms with van der Waals surface area (Å²) in [5, 5.41) is 10.4. The van der Waals surface area contributed by atoms with Gasteiger partial charge in [0.15, 0.2) is 11.9 Å². The third-order valence-corrected chi connectivity index (χ3v) is 4.12. The number of aliphatic hydroxyl groups is 1.